The van der Waals surface area contributed by atoms with Crippen molar-refractivity contribution in [3.05, 3.63) is 77.4 Å². The normalized spacial score (nSPS) is 15.3. The topological polar surface area (TPSA) is 101 Å². The Balaban J connectivity index is 1.34. The largest absolute Gasteiger partial charge is 0.452 e. The number of anilines is 1. The Hall–Kier alpha value is -4.33. The number of nitrogens with zero attached hydrogens (tertiary/aromatic N) is 2. The number of carbonyl (C=O) groups excluding carboxylic acids is 5. The van der Waals surface area contributed by atoms with Crippen LogP contribution in [0.25, 0.3) is 10.8 Å². The minimum Gasteiger partial charge on any atom is -0.452 e. The predicted octanol–water partition coefficient (Wildman–Crippen LogP) is 2.95. The van der Waals surface area contributed by atoms with Crippen LogP contribution in [0.1, 0.15) is 43.9 Å². The van der Waals surface area contributed by atoms with E-state index in [1.54, 1.807) is 24.3 Å². The van der Waals surface area contributed by atoms with Gasteiger partial charge in [0, 0.05) is 29.5 Å². The summed E-state index contributed by atoms with van der Waals surface area (Å²) in [6.45, 7) is -0.200. The second-order valence-corrected chi connectivity index (χ2v) is 7.82. The molecule has 0 unspecified atom stereocenters. The highest BCUT2D eigenvalue weighted by Crippen LogP contribution is 2.32. The van der Waals surface area contributed by atoms with Gasteiger partial charge in [-0.1, -0.05) is 24.3 Å². The molecule has 8 heteroatoms. The lowest BCUT2D eigenvalue weighted by atomic mass is 9.94. The highest BCUT2D eigenvalue weighted by atomic mass is 16.5. The van der Waals surface area contributed by atoms with E-state index in [1.807, 2.05) is 12.1 Å². The summed E-state index contributed by atoms with van der Waals surface area (Å²) in [7, 11) is 0. The first-order valence-electron chi connectivity index (χ1n) is 10.5. The molecule has 0 atom stereocenters. The molecule has 0 saturated carbocycles. The van der Waals surface area contributed by atoms with Crippen molar-refractivity contribution in [3.8, 4) is 0 Å². The van der Waals surface area contributed by atoms with Gasteiger partial charge in [0.15, 0.2) is 6.61 Å². The number of ether oxygens (including phenoxy) is 1. The van der Waals surface area contributed by atoms with E-state index in [2.05, 4.69) is 0 Å². The molecule has 164 valence electrons. The molecule has 3 aromatic carbocycles. The molecule has 4 amide bonds. The standard InChI is InChI=1S/C25H18N2O6/c28-20-8-3-13-26(20)21(29)14-33-25(32)16-9-11-17(12-10-16)27-23(30)18-6-1-4-15-5-2-7-19(22(15)18)24(27)31/h1-2,4-7,9-12H,3,8,13-14H2. The van der Waals surface area contributed by atoms with Crippen LogP contribution >= 0.6 is 0 Å². The number of benzene rings is 3. The summed E-state index contributed by atoms with van der Waals surface area (Å²) in [5, 5.41) is 1.45. The number of rotatable bonds is 4. The van der Waals surface area contributed by atoms with Crippen molar-refractivity contribution < 1.29 is 28.7 Å². The second-order valence-electron chi connectivity index (χ2n) is 7.82. The van der Waals surface area contributed by atoms with Gasteiger partial charge in [0.1, 0.15) is 0 Å². The van der Waals surface area contributed by atoms with E-state index >= 15 is 0 Å². The van der Waals surface area contributed by atoms with Gasteiger partial charge in [-0.3, -0.25) is 24.1 Å². The summed E-state index contributed by atoms with van der Waals surface area (Å²) in [5.41, 5.74) is 1.33. The Morgan fingerprint density at radius 3 is 2.06 bits per heavy atom. The number of hydrogen-bond donors (Lipinski definition) is 0. The fourth-order valence-electron chi connectivity index (χ4n) is 4.21. The Labute approximate surface area is 188 Å². The lowest BCUT2D eigenvalue weighted by Crippen LogP contribution is -2.40. The van der Waals surface area contributed by atoms with Gasteiger partial charge in [0.05, 0.1) is 11.3 Å². The third-order valence-electron chi connectivity index (χ3n) is 5.83. The first kappa shape index (κ1) is 20.6. The molecule has 0 radical (unpaired) electrons. The molecular weight excluding hydrogens is 424 g/mol. The summed E-state index contributed by atoms with van der Waals surface area (Å²) in [4.78, 5) is 64.4. The van der Waals surface area contributed by atoms with E-state index in [-0.39, 0.29) is 11.5 Å². The van der Waals surface area contributed by atoms with Crippen molar-refractivity contribution in [2.24, 2.45) is 0 Å². The molecule has 1 fully saturated rings. The minimum absolute atomic E-state index is 0.152. The number of amides is 4. The van der Waals surface area contributed by atoms with Gasteiger partial charge in [-0.05, 0) is 48.2 Å². The number of likely N-dealkylation sites (tertiary alicyclic amines) is 1. The Morgan fingerprint density at radius 2 is 1.48 bits per heavy atom. The van der Waals surface area contributed by atoms with Crippen molar-refractivity contribution in [3.63, 3.8) is 0 Å². The Kier molecular flexibility index (Phi) is 4.97. The maximum atomic E-state index is 13.1. The van der Waals surface area contributed by atoms with Crippen molar-refractivity contribution in [2.45, 2.75) is 12.8 Å². The molecule has 2 heterocycles. The average Bonchev–Trinajstić information content (AvgIpc) is 3.27. The minimum atomic E-state index is -0.743. The summed E-state index contributed by atoms with van der Waals surface area (Å²) in [6, 6.07) is 16.4. The quantitative estimate of drug-likeness (QED) is 0.455. The molecule has 0 bridgehead atoms. The first-order chi connectivity index (χ1) is 16.0. The van der Waals surface area contributed by atoms with Crippen LogP contribution in [0.3, 0.4) is 0 Å². The van der Waals surface area contributed by atoms with Crippen molar-refractivity contribution in [1.82, 2.24) is 4.90 Å². The monoisotopic (exact) mass is 442 g/mol. The molecule has 0 spiro atoms. The van der Waals surface area contributed by atoms with Crippen LogP contribution in [0.2, 0.25) is 0 Å². The van der Waals surface area contributed by atoms with Gasteiger partial charge >= 0.3 is 5.97 Å². The fraction of sp³-hybridized carbons (Fsp3) is 0.160. The highest BCUT2D eigenvalue weighted by Gasteiger charge is 2.34. The van der Waals surface area contributed by atoms with E-state index in [0.717, 1.165) is 15.2 Å². The Morgan fingerprint density at radius 1 is 0.848 bits per heavy atom. The molecule has 8 nitrogen and oxygen atoms in total. The lowest BCUT2D eigenvalue weighted by Gasteiger charge is -2.27. The molecule has 0 N–H and O–H groups in total. The van der Waals surface area contributed by atoms with Crippen molar-refractivity contribution in [2.75, 3.05) is 18.1 Å². The SMILES string of the molecule is O=C(OCC(=O)N1CCCC1=O)c1ccc(N2C(=O)c3cccc4cccc(c34)C2=O)cc1. The van der Waals surface area contributed by atoms with E-state index in [9.17, 15) is 24.0 Å². The van der Waals surface area contributed by atoms with E-state index in [4.69, 9.17) is 4.74 Å². The van der Waals surface area contributed by atoms with Crippen LogP contribution < -0.4 is 4.90 Å². The molecule has 0 aromatic heterocycles. The smallest absolute Gasteiger partial charge is 0.338 e. The summed E-state index contributed by atoms with van der Waals surface area (Å²) < 4.78 is 5.03. The van der Waals surface area contributed by atoms with Crippen LogP contribution in [0.15, 0.2) is 60.7 Å². The zero-order valence-corrected chi connectivity index (χ0v) is 17.4. The number of imide groups is 2. The number of esters is 1. The van der Waals surface area contributed by atoms with Gasteiger partial charge in [-0.2, -0.15) is 0 Å². The molecule has 5 rings (SSSR count). The summed E-state index contributed by atoms with van der Waals surface area (Å²) in [6.07, 6.45) is 0.918. The third kappa shape index (κ3) is 3.45. The fourth-order valence-corrected chi connectivity index (χ4v) is 4.21. The van der Waals surface area contributed by atoms with E-state index in [0.29, 0.717) is 41.6 Å². The lowest BCUT2D eigenvalue weighted by molar-refractivity contribution is -0.143. The van der Waals surface area contributed by atoms with Crippen LogP contribution in [0.4, 0.5) is 5.69 Å². The van der Waals surface area contributed by atoms with E-state index in [1.165, 1.54) is 24.3 Å². The molecule has 33 heavy (non-hydrogen) atoms. The predicted molar refractivity (Wildman–Crippen MR) is 118 cm³/mol. The molecule has 0 aliphatic carbocycles. The van der Waals surface area contributed by atoms with Crippen LogP contribution in [0.5, 0.6) is 0 Å². The maximum Gasteiger partial charge on any atom is 0.338 e. The van der Waals surface area contributed by atoms with Gasteiger partial charge < -0.3 is 4.74 Å². The maximum absolute atomic E-state index is 13.1. The third-order valence-corrected chi connectivity index (χ3v) is 5.83. The number of hydrogen-bond acceptors (Lipinski definition) is 6. The summed E-state index contributed by atoms with van der Waals surface area (Å²) in [5.74, 6) is -2.46. The van der Waals surface area contributed by atoms with Gasteiger partial charge in [0.2, 0.25) is 5.91 Å². The van der Waals surface area contributed by atoms with Crippen molar-refractivity contribution >= 4 is 46.1 Å². The van der Waals surface area contributed by atoms with Crippen LogP contribution in [-0.4, -0.2) is 47.6 Å². The van der Waals surface area contributed by atoms with Crippen LogP contribution in [-0.2, 0) is 14.3 Å². The Bertz CT molecular complexity index is 1290. The average molecular weight is 442 g/mol. The van der Waals surface area contributed by atoms with Crippen molar-refractivity contribution in [1.29, 1.82) is 0 Å². The zero-order valence-electron chi connectivity index (χ0n) is 17.4. The summed E-state index contributed by atoms with van der Waals surface area (Å²) >= 11 is 0. The highest BCUT2D eigenvalue weighted by molar-refractivity contribution is 6.35. The molecular formula is C25H18N2O6. The van der Waals surface area contributed by atoms with E-state index < -0.39 is 30.3 Å². The molecule has 1 saturated heterocycles. The van der Waals surface area contributed by atoms with Gasteiger partial charge in [-0.15, -0.1) is 0 Å². The first-order valence-corrected chi connectivity index (χ1v) is 10.5. The van der Waals surface area contributed by atoms with Gasteiger partial charge in [-0.25, -0.2) is 9.69 Å². The molecule has 2 aliphatic rings. The number of carbonyl (C=O) groups is 5. The zero-order chi connectivity index (χ0) is 23.1. The van der Waals surface area contributed by atoms with Crippen LogP contribution in [0, 0.1) is 0 Å². The molecule has 3 aromatic rings. The van der Waals surface area contributed by atoms with Gasteiger partial charge in [0.25, 0.3) is 17.7 Å². The molecule has 2 aliphatic heterocycles. The second kappa shape index (κ2) is 7.98.